The molecular formula is C27H24N+. The van der Waals surface area contributed by atoms with E-state index < -0.39 is 0 Å². The van der Waals surface area contributed by atoms with E-state index >= 15 is 0 Å². The molecule has 1 heteroatoms. The zero-order valence-electron chi connectivity index (χ0n) is 16.7. The summed E-state index contributed by atoms with van der Waals surface area (Å²) in [5.74, 6) is 0. The molecular weight excluding hydrogens is 338 g/mol. The van der Waals surface area contributed by atoms with E-state index in [0.29, 0.717) is 0 Å². The molecule has 0 spiro atoms. The van der Waals surface area contributed by atoms with Gasteiger partial charge >= 0.3 is 0 Å². The lowest BCUT2D eigenvalue weighted by Gasteiger charge is -2.13. The first-order valence-corrected chi connectivity index (χ1v) is 9.90. The zero-order valence-corrected chi connectivity index (χ0v) is 16.7. The van der Waals surface area contributed by atoms with Crippen molar-refractivity contribution < 1.29 is 4.57 Å². The Morgan fingerprint density at radius 2 is 1.46 bits per heavy atom. The minimum atomic E-state index is 1.01. The summed E-state index contributed by atoms with van der Waals surface area (Å²) in [6, 6.07) is 26.5. The van der Waals surface area contributed by atoms with Crippen molar-refractivity contribution in [3.63, 3.8) is 0 Å². The molecule has 0 saturated heterocycles. The molecule has 0 amide bonds. The van der Waals surface area contributed by atoms with Gasteiger partial charge in [0, 0.05) is 11.6 Å². The minimum absolute atomic E-state index is 1.01. The first kappa shape index (κ1) is 16.9. The summed E-state index contributed by atoms with van der Waals surface area (Å²) in [6.07, 6.45) is 3.27. The third-order valence-corrected chi connectivity index (χ3v) is 6.01. The Morgan fingerprint density at radius 1 is 0.714 bits per heavy atom. The summed E-state index contributed by atoms with van der Waals surface area (Å²) in [6.45, 7) is 4.44. The van der Waals surface area contributed by atoms with Gasteiger partial charge in [0.2, 0.25) is 5.69 Å². The van der Waals surface area contributed by atoms with Gasteiger partial charge in [-0.2, -0.15) is 0 Å². The second-order valence-electron chi connectivity index (χ2n) is 7.85. The molecule has 1 aliphatic carbocycles. The van der Waals surface area contributed by atoms with Crippen LogP contribution in [0.15, 0.2) is 79.0 Å². The molecule has 0 bridgehead atoms. The number of nitrogens with zero attached hydrogens (tertiary/aromatic N) is 1. The second-order valence-corrected chi connectivity index (χ2v) is 7.85. The van der Waals surface area contributed by atoms with Gasteiger partial charge in [-0.15, -0.1) is 0 Å². The third kappa shape index (κ3) is 2.58. The van der Waals surface area contributed by atoms with Crippen molar-refractivity contribution in [2.45, 2.75) is 20.3 Å². The molecule has 1 nitrogen and oxygen atoms in total. The Morgan fingerprint density at radius 3 is 2.29 bits per heavy atom. The van der Waals surface area contributed by atoms with Gasteiger partial charge in [-0.05, 0) is 59.2 Å². The number of aryl methyl sites for hydroxylation is 3. The molecule has 0 aliphatic heterocycles. The number of hydrogen-bond acceptors (Lipinski definition) is 0. The molecule has 28 heavy (non-hydrogen) atoms. The van der Waals surface area contributed by atoms with E-state index in [9.17, 15) is 0 Å². The van der Waals surface area contributed by atoms with Crippen LogP contribution in [-0.4, -0.2) is 0 Å². The predicted octanol–water partition coefficient (Wildman–Crippen LogP) is 6.03. The van der Waals surface area contributed by atoms with Gasteiger partial charge in [0.15, 0.2) is 6.20 Å². The Balaban J connectivity index is 1.76. The topological polar surface area (TPSA) is 3.88 Å². The Bertz CT molecular complexity index is 1200. The Labute approximate surface area is 166 Å². The molecule has 4 aromatic rings. The van der Waals surface area contributed by atoms with E-state index in [4.69, 9.17) is 0 Å². The molecule has 1 aromatic heterocycles. The number of aromatic nitrogens is 1. The number of rotatable bonds is 2. The summed E-state index contributed by atoms with van der Waals surface area (Å²) < 4.78 is 2.29. The average Bonchev–Trinajstić information content (AvgIpc) is 3.08. The Kier molecular flexibility index (Phi) is 3.91. The van der Waals surface area contributed by atoms with Crippen LogP contribution >= 0.6 is 0 Å². The van der Waals surface area contributed by atoms with Gasteiger partial charge < -0.3 is 0 Å². The predicted molar refractivity (Wildman–Crippen MR) is 116 cm³/mol. The van der Waals surface area contributed by atoms with Gasteiger partial charge in [0.1, 0.15) is 7.05 Å². The Hall–Kier alpha value is -3.19. The molecule has 0 saturated carbocycles. The fraction of sp³-hybridized carbons (Fsp3) is 0.148. The van der Waals surface area contributed by atoms with Gasteiger partial charge in [-0.25, -0.2) is 4.57 Å². The van der Waals surface area contributed by atoms with Crippen molar-refractivity contribution in [1.29, 1.82) is 0 Å². The lowest BCUT2D eigenvalue weighted by Crippen LogP contribution is -2.31. The molecule has 1 heterocycles. The first-order valence-electron chi connectivity index (χ1n) is 9.90. The summed E-state index contributed by atoms with van der Waals surface area (Å²) in [4.78, 5) is 0. The molecule has 0 N–H and O–H groups in total. The minimum Gasteiger partial charge on any atom is -0.201 e. The van der Waals surface area contributed by atoms with Crippen molar-refractivity contribution in [3.8, 4) is 33.5 Å². The molecule has 0 radical (unpaired) electrons. The standard InChI is InChI=1S/C27H24N/c1-18-13-14-23-22-12-8-7-11-21(22)15-25(23)27(18)26-16-24(19(2)17-28(26)3)20-9-5-4-6-10-20/h4-14,16-17H,15H2,1-3H3/q+1. The molecule has 1 aliphatic rings. The normalized spacial score (nSPS) is 12.0. The maximum Gasteiger partial charge on any atom is 0.213 e. The third-order valence-electron chi connectivity index (χ3n) is 6.01. The number of fused-ring (bicyclic) bond motifs is 3. The number of hydrogen-bond donors (Lipinski definition) is 0. The molecule has 0 unspecified atom stereocenters. The van der Waals surface area contributed by atoms with Crippen LogP contribution < -0.4 is 4.57 Å². The van der Waals surface area contributed by atoms with E-state index in [2.05, 4.69) is 104 Å². The largest absolute Gasteiger partial charge is 0.213 e. The molecule has 0 atom stereocenters. The molecule has 3 aromatic carbocycles. The van der Waals surface area contributed by atoms with E-state index in [1.54, 1.807) is 0 Å². The zero-order chi connectivity index (χ0) is 19.3. The van der Waals surface area contributed by atoms with Crippen LogP contribution in [0.2, 0.25) is 0 Å². The van der Waals surface area contributed by atoms with E-state index in [1.807, 2.05) is 0 Å². The smallest absolute Gasteiger partial charge is 0.201 e. The van der Waals surface area contributed by atoms with Crippen molar-refractivity contribution >= 4 is 0 Å². The van der Waals surface area contributed by atoms with Crippen molar-refractivity contribution in [2.24, 2.45) is 7.05 Å². The second kappa shape index (κ2) is 6.45. The van der Waals surface area contributed by atoms with Crippen LogP contribution in [-0.2, 0) is 13.5 Å². The fourth-order valence-electron chi connectivity index (χ4n) is 4.64. The fourth-order valence-corrected chi connectivity index (χ4v) is 4.64. The van der Waals surface area contributed by atoms with Crippen molar-refractivity contribution in [1.82, 2.24) is 0 Å². The maximum atomic E-state index is 2.37. The quantitative estimate of drug-likeness (QED) is 0.337. The van der Waals surface area contributed by atoms with Crippen LogP contribution in [0.25, 0.3) is 33.5 Å². The van der Waals surface area contributed by atoms with E-state index in [-0.39, 0.29) is 0 Å². The highest BCUT2D eigenvalue weighted by molar-refractivity contribution is 5.85. The van der Waals surface area contributed by atoms with E-state index in [0.717, 1.165) is 6.42 Å². The van der Waals surface area contributed by atoms with Gasteiger partial charge in [0.05, 0.1) is 5.56 Å². The van der Waals surface area contributed by atoms with Crippen molar-refractivity contribution in [3.05, 3.63) is 101 Å². The van der Waals surface area contributed by atoms with Gasteiger partial charge in [-0.1, -0.05) is 66.7 Å². The summed E-state index contributed by atoms with van der Waals surface area (Å²) in [5, 5.41) is 0. The maximum absolute atomic E-state index is 2.37. The highest BCUT2D eigenvalue weighted by Crippen LogP contribution is 2.42. The van der Waals surface area contributed by atoms with Crippen LogP contribution in [0, 0.1) is 13.8 Å². The highest BCUT2D eigenvalue weighted by Gasteiger charge is 2.26. The SMILES string of the molecule is Cc1c[n+](C)c(-c2c(C)ccc3c2Cc2ccccc2-3)cc1-c1ccccc1. The lowest BCUT2D eigenvalue weighted by atomic mass is 9.92. The van der Waals surface area contributed by atoms with Gasteiger partial charge in [-0.3, -0.25) is 0 Å². The monoisotopic (exact) mass is 362 g/mol. The highest BCUT2D eigenvalue weighted by atomic mass is 14.9. The van der Waals surface area contributed by atoms with Crippen molar-refractivity contribution in [2.75, 3.05) is 0 Å². The van der Waals surface area contributed by atoms with Crippen LogP contribution in [0.5, 0.6) is 0 Å². The molecule has 5 rings (SSSR count). The summed E-state index contributed by atoms with van der Waals surface area (Å²) in [7, 11) is 2.16. The summed E-state index contributed by atoms with van der Waals surface area (Å²) in [5.41, 5.74) is 13.5. The van der Waals surface area contributed by atoms with Crippen LogP contribution in [0.3, 0.4) is 0 Å². The first-order chi connectivity index (χ1) is 13.6. The van der Waals surface area contributed by atoms with Gasteiger partial charge in [0.25, 0.3) is 0 Å². The van der Waals surface area contributed by atoms with Crippen LogP contribution in [0.4, 0.5) is 0 Å². The molecule has 0 fully saturated rings. The van der Waals surface area contributed by atoms with Crippen LogP contribution in [0.1, 0.15) is 22.3 Å². The van der Waals surface area contributed by atoms with E-state index in [1.165, 1.54) is 55.8 Å². The lowest BCUT2D eigenvalue weighted by molar-refractivity contribution is -0.660. The number of benzene rings is 3. The number of pyridine rings is 1. The average molecular weight is 362 g/mol. The molecule has 136 valence electrons. The summed E-state index contributed by atoms with van der Waals surface area (Å²) >= 11 is 0.